The molecule has 1 aromatic heterocycles. The number of thioether (sulfide) groups is 1. The van der Waals surface area contributed by atoms with E-state index in [1.54, 1.807) is 18.3 Å². The number of benzene rings is 3. The van der Waals surface area contributed by atoms with Crippen molar-refractivity contribution in [3.8, 4) is 0 Å². The Morgan fingerprint density at radius 2 is 1.84 bits per heavy atom. The molecule has 0 unspecified atom stereocenters. The predicted octanol–water partition coefficient (Wildman–Crippen LogP) is 5.63. The van der Waals surface area contributed by atoms with Crippen molar-refractivity contribution < 1.29 is 4.79 Å². The van der Waals surface area contributed by atoms with Crippen LogP contribution in [-0.4, -0.2) is 27.4 Å². The fourth-order valence-electron chi connectivity index (χ4n) is 3.02. The summed E-state index contributed by atoms with van der Waals surface area (Å²) in [5.74, 6) is -0.0232. The van der Waals surface area contributed by atoms with Crippen LogP contribution in [0, 0.1) is 0 Å². The quantitative estimate of drug-likeness (QED) is 0.217. The maximum absolute atomic E-state index is 12.3. The highest BCUT2D eigenvalue weighted by Gasteiger charge is 2.13. The van der Waals surface area contributed by atoms with Gasteiger partial charge in [-0.1, -0.05) is 71.4 Å². The maximum Gasteiger partial charge on any atom is 0.250 e. The van der Waals surface area contributed by atoms with Gasteiger partial charge >= 0.3 is 0 Å². The zero-order valence-corrected chi connectivity index (χ0v) is 18.7. The fourth-order valence-corrected chi connectivity index (χ4v) is 4.15. The number of carbonyl (C=O) groups excluding carboxylic acids is 1. The molecule has 31 heavy (non-hydrogen) atoms. The summed E-state index contributed by atoms with van der Waals surface area (Å²) in [5.41, 5.74) is 6.36. The molecule has 5 nitrogen and oxygen atoms in total. The molecule has 8 heteroatoms. The third kappa shape index (κ3) is 5.67. The van der Waals surface area contributed by atoms with E-state index in [2.05, 4.69) is 15.1 Å². The number of nitrogens with one attached hydrogen (secondary N) is 1. The standard InChI is InChI=1S/C23H18Cl2N4OS/c24-18-10-8-16(9-11-18)14-29-21-7-2-1-6-20(21)27-23(29)31-15-22(30)28-26-13-17-4-3-5-19(25)12-17/h1-13H,14-15H2,(H,28,30)/b26-13+. The van der Waals surface area contributed by atoms with Gasteiger partial charge in [-0.15, -0.1) is 0 Å². The van der Waals surface area contributed by atoms with E-state index >= 15 is 0 Å². The average Bonchev–Trinajstić information content (AvgIpc) is 3.11. The number of carbonyl (C=O) groups is 1. The molecule has 0 aliphatic carbocycles. The molecule has 0 saturated heterocycles. The molecule has 0 spiro atoms. The molecule has 4 rings (SSSR count). The summed E-state index contributed by atoms with van der Waals surface area (Å²) in [6.45, 7) is 0.633. The molecule has 0 fully saturated rings. The van der Waals surface area contributed by atoms with Crippen LogP contribution in [0.5, 0.6) is 0 Å². The highest BCUT2D eigenvalue weighted by atomic mass is 35.5. The number of imidazole rings is 1. The van der Waals surface area contributed by atoms with Gasteiger partial charge in [-0.3, -0.25) is 4.79 Å². The van der Waals surface area contributed by atoms with Crippen LogP contribution in [0.1, 0.15) is 11.1 Å². The Kier molecular flexibility index (Phi) is 6.92. The van der Waals surface area contributed by atoms with Crippen LogP contribution in [0.15, 0.2) is 83.1 Å². The van der Waals surface area contributed by atoms with Crippen molar-refractivity contribution in [1.29, 1.82) is 0 Å². The number of hydrogen-bond acceptors (Lipinski definition) is 4. The van der Waals surface area contributed by atoms with Gasteiger partial charge in [0.25, 0.3) is 5.91 Å². The number of aromatic nitrogens is 2. The lowest BCUT2D eigenvalue weighted by Crippen LogP contribution is -2.20. The van der Waals surface area contributed by atoms with Gasteiger partial charge < -0.3 is 4.57 Å². The Hall–Kier alpha value is -2.80. The van der Waals surface area contributed by atoms with Crippen molar-refractivity contribution in [2.24, 2.45) is 5.10 Å². The lowest BCUT2D eigenvalue weighted by Gasteiger charge is -2.09. The zero-order valence-electron chi connectivity index (χ0n) is 16.3. The SMILES string of the molecule is O=C(CSc1nc2ccccc2n1Cc1ccc(Cl)cc1)N/N=C/c1cccc(Cl)c1. The van der Waals surface area contributed by atoms with Crippen LogP contribution in [0.4, 0.5) is 0 Å². The molecule has 0 radical (unpaired) electrons. The van der Waals surface area contributed by atoms with Gasteiger partial charge in [-0.2, -0.15) is 5.10 Å². The van der Waals surface area contributed by atoms with E-state index in [-0.39, 0.29) is 11.7 Å². The van der Waals surface area contributed by atoms with Gasteiger partial charge in [0.1, 0.15) is 0 Å². The summed E-state index contributed by atoms with van der Waals surface area (Å²) < 4.78 is 2.10. The normalized spacial score (nSPS) is 11.3. The Bertz CT molecular complexity index is 1240. The first kappa shape index (κ1) is 21.4. The molecule has 1 heterocycles. The monoisotopic (exact) mass is 468 g/mol. The second-order valence-corrected chi connectivity index (χ2v) is 8.55. The molecule has 0 saturated carbocycles. The summed E-state index contributed by atoms with van der Waals surface area (Å²) >= 11 is 13.3. The summed E-state index contributed by atoms with van der Waals surface area (Å²) in [6.07, 6.45) is 1.56. The number of para-hydroxylation sites is 2. The van der Waals surface area contributed by atoms with E-state index in [1.807, 2.05) is 60.7 Å². The van der Waals surface area contributed by atoms with E-state index in [0.717, 1.165) is 27.3 Å². The number of rotatable bonds is 7. The number of hydrazone groups is 1. The number of nitrogens with zero attached hydrogens (tertiary/aromatic N) is 3. The van der Waals surface area contributed by atoms with Gasteiger partial charge in [-0.05, 0) is 47.5 Å². The first-order chi connectivity index (χ1) is 15.1. The molecule has 0 aliphatic heterocycles. The maximum atomic E-state index is 12.3. The summed E-state index contributed by atoms with van der Waals surface area (Å²) in [5, 5.41) is 6.08. The summed E-state index contributed by atoms with van der Waals surface area (Å²) in [6, 6.07) is 22.9. The van der Waals surface area contributed by atoms with Crippen LogP contribution in [0.25, 0.3) is 11.0 Å². The number of halogens is 2. The minimum absolute atomic E-state index is 0.191. The second-order valence-electron chi connectivity index (χ2n) is 6.73. The minimum atomic E-state index is -0.214. The molecule has 156 valence electrons. The second kappa shape index (κ2) is 10.0. The van der Waals surface area contributed by atoms with Gasteiger partial charge in [0.2, 0.25) is 0 Å². The molecule has 0 aliphatic rings. The Morgan fingerprint density at radius 3 is 2.65 bits per heavy atom. The van der Waals surface area contributed by atoms with Gasteiger partial charge in [-0.25, -0.2) is 10.4 Å². The van der Waals surface area contributed by atoms with Crippen LogP contribution in [0.2, 0.25) is 10.0 Å². The van der Waals surface area contributed by atoms with Crippen LogP contribution >= 0.6 is 35.0 Å². The smallest absolute Gasteiger partial charge is 0.250 e. The number of fused-ring (bicyclic) bond motifs is 1. The Morgan fingerprint density at radius 1 is 1.03 bits per heavy atom. The third-order valence-corrected chi connectivity index (χ3v) is 5.92. The highest BCUT2D eigenvalue weighted by molar-refractivity contribution is 7.99. The zero-order chi connectivity index (χ0) is 21.6. The van der Waals surface area contributed by atoms with Crippen LogP contribution < -0.4 is 5.43 Å². The fraction of sp³-hybridized carbons (Fsp3) is 0.0870. The average molecular weight is 469 g/mol. The minimum Gasteiger partial charge on any atom is -0.314 e. The lowest BCUT2D eigenvalue weighted by molar-refractivity contribution is -0.118. The van der Waals surface area contributed by atoms with Crippen molar-refractivity contribution in [1.82, 2.24) is 15.0 Å². The number of amides is 1. The predicted molar refractivity (Wildman–Crippen MR) is 128 cm³/mol. The Labute approximate surface area is 194 Å². The third-order valence-electron chi connectivity index (χ3n) is 4.46. The molecule has 0 bridgehead atoms. The van der Waals surface area contributed by atoms with Gasteiger partial charge in [0, 0.05) is 10.0 Å². The van der Waals surface area contributed by atoms with Crippen molar-refractivity contribution >= 4 is 58.1 Å². The molecule has 1 amide bonds. The van der Waals surface area contributed by atoms with Crippen molar-refractivity contribution in [2.45, 2.75) is 11.7 Å². The molecular formula is C23H18Cl2N4OS. The van der Waals surface area contributed by atoms with E-state index < -0.39 is 0 Å². The lowest BCUT2D eigenvalue weighted by atomic mass is 10.2. The van der Waals surface area contributed by atoms with Crippen molar-refractivity contribution in [3.05, 3.63) is 94.0 Å². The summed E-state index contributed by atoms with van der Waals surface area (Å²) in [4.78, 5) is 17.0. The largest absolute Gasteiger partial charge is 0.314 e. The highest BCUT2D eigenvalue weighted by Crippen LogP contribution is 2.25. The first-order valence-electron chi connectivity index (χ1n) is 9.48. The molecule has 1 N–H and O–H groups in total. The molecule has 4 aromatic rings. The Balaban J connectivity index is 1.45. The van der Waals surface area contributed by atoms with Crippen LogP contribution in [-0.2, 0) is 11.3 Å². The molecule has 0 atom stereocenters. The summed E-state index contributed by atoms with van der Waals surface area (Å²) in [7, 11) is 0. The van der Waals surface area contributed by atoms with Gasteiger partial charge in [0.05, 0.1) is 29.5 Å². The molecular weight excluding hydrogens is 451 g/mol. The van der Waals surface area contributed by atoms with E-state index in [1.165, 1.54) is 11.8 Å². The van der Waals surface area contributed by atoms with E-state index in [0.29, 0.717) is 16.6 Å². The van der Waals surface area contributed by atoms with E-state index in [9.17, 15) is 4.79 Å². The van der Waals surface area contributed by atoms with Crippen molar-refractivity contribution in [2.75, 3.05) is 5.75 Å². The van der Waals surface area contributed by atoms with Gasteiger partial charge in [0.15, 0.2) is 5.16 Å². The number of hydrogen-bond donors (Lipinski definition) is 1. The topological polar surface area (TPSA) is 59.3 Å². The first-order valence-corrected chi connectivity index (χ1v) is 11.2. The van der Waals surface area contributed by atoms with Crippen LogP contribution in [0.3, 0.4) is 0 Å². The molecule has 3 aromatic carbocycles. The van der Waals surface area contributed by atoms with E-state index in [4.69, 9.17) is 28.2 Å². The van der Waals surface area contributed by atoms with Crippen molar-refractivity contribution in [3.63, 3.8) is 0 Å².